The number of unbranched alkanes of at least 4 members (excludes halogenated alkanes) is 3. The van der Waals surface area contributed by atoms with Crippen LogP contribution in [-0.4, -0.2) is 13.6 Å². The van der Waals surface area contributed by atoms with Crippen LogP contribution in [0, 0.1) is 6.92 Å². The number of hydrogen-bond acceptors (Lipinski definition) is 1. The van der Waals surface area contributed by atoms with Crippen LogP contribution in [0.3, 0.4) is 0 Å². The summed E-state index contributed by atoms with van der Waals surface area (Å²) in [7, 11) is 2.15. The number of rotatable bonds is 6. The van der Waals surface area contributed by atoms with Gasteiger partial charge in [0.1, 0.15) is 0 Å². The first kappa shape index (κ1) is 15.5. The molecule has 16 heavy (non-hydrogen) atoms. The second kappa shape index (κ2) is 8.62. The molecule has 0 amide bonds. The fraction of sp³-hybridized carbons (Fsp3) is 0.500. The summed E-state index contributed by atoms with van der Waals surface area (Å²) in [5, 5.41) is 0. The summed E-state index contributed by atoms with van der Waals surface area (Å²) in [6.45, 7) is 7.42. The molecule has 1 nitrogen and oxygen atoms in total. The molecule has 0 saturated heterocycles. The van der Waals surface area contributed by atoms with Crippen molar-refractivity contribution in [3.63, 3.8) is 0 Å². The molecule has 0 atom stereocenters. The van der Waals surface area contributed by atoms with Gasteiger partial charge in [-0.2, -0.15) is 18.6 Å². The molecular weight excluding hydrogens is 189 g/mol. The van der Waals surface area contributed by atoms with Crippen molar-refractivity contribution in [1.29, 1.82) is 0 Å². The fourth-order valence-corrected chi connectivity index (χ4v) is 1.78. The summed E-state index contributed by atoms with van der Waals surface area (Å²) < 4.78 is 0. The van der Waals surface area contributed by atoms with Crippen LogP contribution in [0.5, 0.6) is 0 Å². The first-order valence-electron chi connectivity index (χ1n) is 5.88. The van der Waals surface area contributed by atoms with E-state index in [-0.39, 0.29) is 18.9 Å². The summed E-state index contributed by atoms with van der Waals surface area (Å²) in [5.74, 6) is 0. The van der Waals surface area contributed by atoms with Crippen molar-refractivity contribution in [3.05, 3.63) is 36.8 Å². The molecule has 0 aliphatic carbocycles. The molecule has 0 radical (unpaired) electrons. The standard InChI is InChI=1S/C14H22N.Li/c1-4-5-6-9-12-15(3)14-11-8-7-10-13(14)2;/h7-8,10-11H,2,4-6,9,12H2,1,3H3;/q-1;+1. The first-order valence-corrected chi connectivity index (χ1v) is 5.88. The van der Waals surface area contributed by atoms with Crippen LogP contribution in [0.25, 0.3) is 0 Å². The van der Waals surface area contributed by atoms with Gasteiger partial charge in [0.05, 0.1) is 0 Å². The molecule has 0 aliphatic rings. The van der Waals surface area contributed by atoms with Gasteiger partial charge in [-0.15, -0.1) is 6.07 Å². The largest absolute Gasteiger partial charge is 1.00 e. The van der Waals surface area contributed by atoms with E-state index in [1.165, 1.54) is 31.4 Å². The van der Waals surface area contributed by atoms with E-state index < -0.39 is 0 Å². The van der Waals surface area contributed by atoms with Crippen molar-refractivity contribution < 1.29 is 18.9 Å². The molecule has 1 aromatic rings. The normalized spacial score (nSPS) is 9.62. The topological polar surface area (TPSA) is 3.24 Å². The van der Waals surface area contributed by atoms with E-state index in [4.69, 9.17) is 0 Å². The maximum absolute atomic E-state index is 4.04. The number of benzene rings is 1. The molecule has 1 rings (SSSR count). The molecule has 0 saturated carbocycles. The molecule has 0 aliphatic heterocycles. The quantitative estimate of drug-likeness (QED) is 0.384. The molecule has 1 aromatic carbocycles. The zero-order valence-corrected chi connectivity index (χ0v) is 11.0. The van der Waals surface area contributed by atoms with Crippen molar-refractivity contribution in [1.82, 2.24) is 0 Å². The van der Waals surface area contributed by atoms with E-state index in [1.807, 2.05) is 6.07 Å². The second-order valence-electron chi connectivity index (χ2n) is 4.11. The minimum absolute atomic E-state index is 0. The SMILES string of the molecule is [CH2-]c1ccccc1N(C)CCCCCC.[Li+]. The molecule has 0 unspecified atom stereocenters. The monoisotopic (exact) mass is 211 g/mol. The van der Waals surface area contributed by atoms with E-state index in [0.717, 1.165) is 12.1 Å². The molecular formula is C14H22LiN. The Morgan fingerprint density at radius 1 is 1.12 bits per heavy atom. The summed E-state index contributed by atoms with van der Waals surface area (Å²) in [4.78, 5) is 2.30. The Hall–Kier alpha value is -0.513. The summed E-state index contributed by atoms with van der Waals surface area (Å²) in [5.41, 5.74) is 2.38. The van der Waals surface area contributed by atoms with Gasteiger partial charge in [-0.05, 0) is 13.5 Å². The predicted octanol–water partition coefficient (Wildman–Crippen LogP) is 0.889. The fourth-order valence-electron chi connectivity index (χ4n) is 1.78. The van der Waals surface area contributed by atoms with Crippen molar-refractivity contribution in [2.24, 2.45) is 0 Å². The number of anilines is 1. The minimum Gasteiger partial charge on any atom is -0.426 e. The average molecular weight is 211 g/mol. The smallest absolute Gasteiger partial charge is 0.426 e. The third kappa shape index (κ3) is 5.01. The first-order chi connectivity index (χ1) is 7.25. The van der Waals surface area contributed by atoms with Gasteiger partial charge in [0.15, 0.2) is 0 Å². The van der Waals surface area contributed by atoms with E-state index >= 15 is 0 Å². The van der Waals surface area contributed by atoms with Crippen molar-refractivity contribution >= 4 is 5.69 Å². The maximum atomic E-state index is 4.04. The number of nitrogens with zero attached hydrogens (tertiary/aromatic N) is 1. The molecule has 0 aromatic heterocycles. The van der Waals surface area contributed by atoms with E-state index in [1.54, 1.807) is 0 Å². The average Bonchev–Trinajstić information content (AvgIpc) is 2.25. The second-order valence-corrected chi connectivity index (χ2v) is 4.11. The van der Waals surface area contributed by atoms with Gasteiger partial charge in [-0.25, -0.2) is 0 Å². The van der Waals surface area contributed by atoms with Crippen molar-refractivity contribution in [2.45, 2.75) is 32.6 Å². The zero-order chi connectivity index (χ0) is 11.1. The van der Waals surface area contributed by atoms with Crippen LogP contribution in [0.15, 0.2) is 24.3 Å². The van der Waals surface area contributed by atoms with Crippen LogP contribution < -0.4 is 23.8 Å². The Kier molecular flexibility index (Phi) is 8.34. The summed E-state index contributed by atoms with van der Waals surface area (Å²) >= 11 is 0. The van der Waals surface area contributed by atoms with E-state index in [2.05, 4.69) is 44.0 Å². The Bertz CT molecular complexity index is 286. The Balaban J connectivity index is 0.00000225. The Labute approximate surface area is 112 Å². The van der Waals surface area contributed by atoms with Gasteiger partial charge in [0.2, 0.25) is 0 Å². The van der Waals surface area contributed by atoms with E-state index in [9.17, 15) is 0 Å². The molecule has 0 bridgehead atoms. The van der Waals surface area contributed by atoms with Crippen LogP contribution >= 0.6 is 0 Å². The molecule has 2 heteroatoms. The maximum Gasteiger partial charge on any atom is 1.00 e. The number of para-hydroxylation sites is 1. The van der Waals surface area contributed by atoms with Gasteiger partial charge in [-0.1, -0.05) is 44.0 Å². The van der Waals surface area contributed by atoms with Crippen molar-refractivity contribution in [2.75, 3.05) is 18.5 Å². The van der Waals surface area contributed by atoms with Crippen LogP contribution in [0.4, 0.5) is 5.69 Å². The summed E-state index contributed by atoms with van der Waals surface area (Å²) in [6, 6.07) is 8.32. The third-order valence-corrected chi connectivity index (χ3v) is 2.75. The molecule has 0 fully saturated rings. The van der Waals surface area contributed by atoms with Gasteiger partial charge in [-0.3, -0.25) is 0 Å². The molecule has 0 N–H and O–H groups in total. The van der Waals surface area contributed by atoms with Gasteiger partial charge in [0.25, 0.3) is 0 Å². The molecule has 84 valence electrons. The van der Waals surface area contributed by atoms with Gasteiger partial charge < -0.3 is 4.90 Å². The van der Waals surface area contributed by atoms with Gasteiger partial charge >= 0.3 is 18.9 Å². The van der Waals surface area contributed by atoms with Crippen molar-refractivity contribution in [3.8, 4) is 0 Å². The zero-order valence-electron chi connectivity index (χ0n) is 11.0. The molecule has 0 spiro atoms. The molecule has 0 heterocycles. The van der Waals surface area contributed by atoms with E-state index in [0.29, 0.717) is 0 Å². The third-order valence-electron chi connectivity index (χ3n) is 2.75. The van der Waals surface area contributed by atoms with Crippen LogP contribution in [0.1, 0.15) is 38.2 Å². The minimum atomic E-state index is 0. The summed E-state index contributed by atoms with van der Waals surface area (Å²) in [6.07, 6.45) is 5.26. The predicted molar refractivity (Wildman–Crippen MR) is 68.3 cm³/mol. The Morgan fingerprint density at radius 2 is 1.81 bits per heavy atom. The Morgan fingerprint density at radius 3 is 2.44 bits per heavy atom. The van der Waals surface area contributed by atoms with Gasteiger partial charge in [0, 0.05) is 6.54 Å². The van der Waals surface area contributed by atoms with Crippen LogP contribution in [-0.2, 0) is 0 Å². The van der Waals surface area contributed by atoms with Crippen LogP contribution in [0.2, 0.25) is 0 Å². The number of hydrogen-bond donors (Lipinski definition) is 0.